The maximum absolute atomic E-state index is 13.5. The van der Waals surface area contributed by atoms with Gasteiger partial charge in [-0.05, 0) is 12.1 Å². The minimum absolute atomic E-state index is 0.317. The lowest BCUT2D eigenvalue weighted by atomic mass is 10.2. The van der Waals surface area contributed by atoms with Crippen molar-refractivity contribution >= 4 is 5.69 Å². The van der Waals surface area contributed by atoms with Crippen molar-refractivity contribution in [1.29, 1.82) is 0 Å². The standard InChI is InChI=1S/C12H12FN3O/c1-17-10-2-3-11(13)12(4-10)16-7-9-5-14-8-15-6-9/h2-6,8,16H,7H2,1H3. The first-order valence-electron chi connectivity index (χ1n) is 5.11. The molecule has 88 valence electrons. The van der Waals surface area contributed by atoms with Crippen LogP contribution in [0.5, 0.6) is 5.75 Å². The van der Waals surface area contributed by atoms with Crippen LogP contribution in [0.25, 0.3) is 0 Å². The van der Waals surface area contributed by atoms with E-state index in [1.165, 1.54) is 12.4 Å². The quantitative estimate of drug-likeness (QED) is 0.879. The fraction of sp³-hybridized carbons (Fsp3) is 0.167. The highest BCUT2D eigenvalue weighted by atomic mass is 19.1. The van der Waals surface area contributed by atoms with Gasteiger partial charge >= 0.3 is 0 Å². The normalized spacial score (nSPS) is 10.0. The molecular formula is C12H12FN3O. The number of rotatable bonds is 4. The monoisotopic (exact) mass is 233 g/mol. The van der Waals surface area contributed by atoms with Gasteiger partial charge in [-0.15, -0.1) is 0 Å². The molecule has 0 radical (unpaired) electrons. The highest BCUT2D eigenvalue weighted by molar-refractivity contribution is 5.49. The molecule has 0 saturated carbocycles. The summed E-state index contributed by atoms with van der Waals surface area (Å²) >= 11 is 0. The van der Waals surface area contributed by atoms with E-state index in [-0.39, 0.29) is 5.82 Å². The summed E-state index contributed by atoms with van der Waals surface area (Å²) < 4.78 is 18.5. The first-order valence-corrected chi connectivity index (χ1v) is 5.11. The molecule has 4 nitrogen and oxygen atoms in total. The van der Waals surface area contributed by atoms with Gasteiger partial charge in [0.15, 0.2) is 0 Å². The lowest BCUT2D eigenvalue weighted by Gasteiger charge is -2.08. The van der Waals surface area contributed by atoms with E-state index in [4.69, 9.17) is 4.74 Å². The van der Waals surface area contributed by atoms with Crippen molar-refractivity contribution < 1.29 is 9.13 Å². The fourth-order valence-electron chi connectivity index (χ4n) is 1.39. The molecule has 1 heterocycles. The molecule has 0 saturated heterocycles. The largest absolute Gasteiger partial charge is 0.497 e. The van der Waals surface area contributed by atoms with Gasteiger partial charge in [0.05, 0.1) is 12.8 Å². The van der Waals surface area contributed by atoms with Crippen LogP contribution in [0.3, 0.4) is 0 Å². The van der Waals surface area contributed by atoms with Gasteiger partial charge < -0.3 is 10.1 Å². The van der Waals surface area contributed by atoms with Gasteiger partial charge in [0.25, 0.3) is 0 Å². The lowest BCUT2D eigenvalue weighted by Crippen LogP contribution is -2.02. The topological polar surface area (TPSA) is 47.0 Å². The van der Waals surface area contributed by atoms with Crippen molar-refractivity contribution in [2.24, 2.45) is 0 Å². The second-order valence-electron chi connectivity index (χ2n) is 3.45. The molecule has 0 aliphatic rings. The summed E-state index contributed by atoms with van der Waals surface area (Å²) in [4.78, 5) is 7.77. The predicted molar refractivity (Wildman–Crippen MR) is 62.3 cm³/mol. The minimum atomic E-state index is -0.317. The Morgan fingerprint density at radius 3 is 2.76 bits per heavy atom. The van der Waals surface area contributed by atoms with Gasteiger partial charge in [0, 0.05) is 30.6 Å². The average Bonchev–Trinajstić information content (AvgIpc) is 2.39. The number of ether oxygens (including phenoxy) is 1. The minimum Gasteiger partial charge on any atom is -0.497 e. The maximum atomic E-state index is 13.5. The zero-order chi connectivity index (χ0) is 12.1. The summed E-state index contributed by atoms with van der Waals surface area (Å²) in [6, 6.07) is 4.55. The molecule has 0 aliphatic carbocycles. The van der Waals surface area contributed by atoms with E-state index in [1.807, 2.05) is 0 Å². The first-order chi connectivity index (χ1) is 8.29. The molecule has 0 unspecified atom stereocenters. The van der Waals surface area contributed by atoms with Crippen molar-refractivity contribution in [1.82, 2.24) is 9.97 Å². The molecule has 5 heteroatoms. The van der Waals surface area contributed by atoms with Gasteiger partial charge in [-0.3, -0.25) is 0 Å². The lowest BCUT2D eigenvalue weighted by molar-refractivity contribution is 0.414. The van der Waals surface area contributed by atoms with E-state index in [2.05, 4.69) is 15.3 Å². The molecule has 0 atom stereocenters. The summed E-state index contributed by atoms with van der Waals surface area (Å²) in [7, 11) is 1.54. The van der Waals surface area contributed by atoms with E-state index in [9.17, 15) is 4.39 Å². The number of nitrogens with zero attached hydrogens (tertiary/aromatic N) is 2. The molecule has 2 aromatic rings. The molecular weight excluding hydrogens is 221 g/mol. The second-order valence-corrected chi connectivity index (χ2v) is 3.45. The van der Waals surface area contributed by atoms with Crippen molar-refractivity contribution in [3.05, 3.63) is 48.3 Å². The Labute approximate surface area is 98.5 Å². The van der Waals surface area contributed by atoms with Gasteiger partial charge in [0.1, 0.15) is 17.9 Å². The SMILES string of the molecule is COc1ccc(F)c(NCc2cncnc2)c1. The van der Waals surface area contributed by atoms with Crippen LogP contribution in [0, 0.1) is 5.82 Å². The van der Waals surface area contributed by atoms with Crippen LogP contribution in [0.2, 0.25) is 0 Å². The van der Waals surface area contributed by atoms with E-state index < -0.39 is 0 Å². The molecule has 1 aromatic carbocycles. The number of nitrogens with one attached hydrogen (secondary N) is 1. The Morgan fingerprint density at radius 2 is 2.06 bits per heavy atom. The zero-order valence-electron chi connectivity index (χ0n) is 9.35. The molecule has 0 spiro atoms. The van der Waals surface area contributed by atoms with Crippen molar-refractivity contribution in [3.8, 4) is 5.75 Å². The zero-order valence-corrected chi connectivity index (χ0v) is 9.35. The smallest absolute Gasteiger partial charge is 0.146 e. The average molecular weight is 233 g/mol. The number of halogens is 1. The van der Waals surface area contributed by atoms with Crippen LogP contribution in [-0.4, -0.2) is 17.1 Å². The summed E-state index contributed by atoms with van der Waals surface area (Å²) in [6.07, 6.45) is 4.81. The van der Waals surface area contributed by atoms with Gasteiger partial charge in [-0.1, -0.05) is 0 Å². The number of hydrogen-bond acceptors (Lipinski definition) is 4. The fourth-order valence-corrected chi connectivity index (χ4v) is 1.39. The number of benzene rings is 1. The van der Waals surface area contributed by atoms with Gasteiger partial charge in [0.2, 0.25) is 0 Å². The summed E-state index contributed by atoms with van der Waals surface area (Å²) in [5.41, 5.74) is 1.28. The Morgan fingerprint density at radius 1 is 1.29 bits per heavy atom. The number of anilines is 1. The van der Waals surface area contributed by atoms with Gasteiger partial charge in [-0.25, -0.2) is 14.4 Å². The van der Waals surface area contributed by atoms with Crippen molar-refractivity contribution in [2.45, 2.75) is 6.54 Å². The van der Waals surface area contributed by atoms with E-state index in [0.29, 0.717) is 18.0 Å². The third kappa shape index (κ3) is 2.90. The highest BCUT2D eigenvalue weighted by Crippen LogP contribution is 2.21. The third-order valence-corrected chi connectivity index (χ3v) is 2.27. The Kier molecular flexibility index (Phi) is 3.49. The summed E-state index contributed by atoms with van der Waals surface area (Å²) in [6.45, 7) is 0.463. The molecule has 2 rings (SSSR count). The molecule has 0 bridgehead atoms. The number of methoxy groups -OCH3 is 1. The first kappa shape index (κ1) is 11.3. The molecule has 0 fully saturated rings. The maximum Gasteiger partial charge on any atom is 0.146 e. The molecule has 17 heavy (non-hydrogen) atoms. The van der Waals surface area contributed by atoms with Crippen molar-refractivity contribution in [3.63, 3.8) is 0 Å². The van der Waals surface area contributed by atoms with Crippen LogP contribution < -0.4 is 10.1 Å². The molecule has 0 amide bonds. The van der Waals surface area contributed by atoms with Crippen LogP contribution in [-0.2, 0) is 6.54 Å². The third-order valence-electron chi connectivity index (χ3n) is 2.27. The summed E-state index contributed by atoms with van der Waals surface area (Å²) in [5.74, 6) is 0.292. The molecule has 1 aromatic heterocycles. The summed E-state index contributed by atoms with van der Waals surface area (Å²) in [5, 5.41) is 2.97. The van der Waals surface area contributed by atoms with E-state index in [1.54, 1.807) is 31.6 Å². The van der Waals surface area contributed by atoms with Crippen LogP contribution in [0.4, 0.5) is 10.1 Å². The molecule has 0 aliphatic heterocycles. The number of hydrogen-bond donors (Lipinski definition) is 1. The Hall–Kier alpha value is -2.17. The Balaban J connectivity index is 2.08. The predicted octanol–water partition coefficient (Wildman–Crippen LogP) is 2.24. The van der Waals surface area contributed by atoms with Gasteiger partial charge in [-0.2, -0.15) is 0 Å². The van der Waals surface area contributed by atoms with Crippen molar-refractivity contribution in [2.75, 3.05) is 12.4 Å². The molecule has 1 N–H and O–H groups in total. The van der Waals surface area contributed by atoms with E-state index in [0.717, 1.165) is 5.56 Å². The van der Waals surface area contributed by atoms with Crippen LogP contribution in [0.1, 0.15) is 5.56 Å². The second kappa shape index (κ2) is 5.25. The van der Waals surface area contributed by atoms with Crippen LogP contribution in [0.15, 0.2) is 36.9 Å². The Bertz CT molecular complexity index is 490. The van der Waals surface area contributed by atoms with Crippen LogP contribution >= 0.6 is 0 Å². The number of aromatic nitrogens is 2. The highest BCUT2D eigenvalue weighted by Gasteiger charge is 2.03. The van der Waals surface area contributed by atoms with E-state index >= 15 is 0 Å².